The van der Waals surface area contributed by atoms with Gasteiger partial charge in [-0.05, 0) is 38.3 Å². The molecule has 1 fully saturated rings. The predicted molar refractivity (Wildman–Crippen MR) is 127 cm³/mol. The number of likely N-dealkylation sites (tertiary alicyclic amines) is 1. The topological polar surface area (TPSA) is 113 Å². The van der Waals surface area contributed by atoms with Crippen LogP contribution in [0.15, 0.2) is 18.3 Å². The standard InChI is InChI=1S/C23H25ClF4N4O5/c1-11-9-29-21(36-3)18(24)19(11)31-20(34)14-7-15(25)16(8-17(14)37-12(2)23(26,27)28)30-22(35)32-6-4-5-13(32)10-33/h7-9,12-13,33H,4-6,10H2,1-3H3,(H,30,35)(H,29,31,34)/t12?,13-/m1/s1. The fraction of sp³-hybridized carbons (Fsp3) is 0.435. The van der Waals surface area contributed by atoms with E-state index in [0.717, 1.165) is 6.07 Å². The van der Waals surface area contributed by atoms with Crippen molar-refractivity contribution >= 4 is 34.9 Å². The quantitative estimate of drug-likeness (QED) is 0.430. The molecule has 0 saturated carbocycles. The molecule has 3 rings (SSSR count). The highest BCUT2D eigenvalue weighted by Crippen LogP contribution is 2.35. The first-order chi connectivity index (χ1) is 17.4. The van der Waals surface area contributed by atoms with Gasteiger partial charge in [0, 0.05) is 18.8 Å². The molecule has 1 aromatic carbocycles. The molecule has 0 spiro atoms. The molecule has 2 atom stereocenters. The number of anilines is 2. The summed E-state index contributed by atoms with van der Waals surface area (Å²) in [5.74, 6) is -2.77. The number of rotatable bonds is 7. The number of methoxy groups -OCH3 is 1. The van der Waals surface area contributed by atoms with Gasteiger partial charge in [0.2, 0.25) is 5.88 Å². The van der Waals surface area contributed by atoms with E-state index in [0.29, 0.717) is 37.9 Å². The smallest absolute Gasteiger partial charge is 0.425 e. The number of aliphatic hydroxyl groups is 1. The summed E-state index contributed by atoms with van der Waals surface area (Å²) in [7, 11) is 1.30. The van der Waals surface area contributed by atoms with Gasteiger partial charge in [-0.25, -0.2) is 14.2 Å². The zero-order valence-electron chi connectivity index (χ0n) is 20.1. The first kappa shape index (κ1) is 28.3. The van der Waals surface area contributed by atoms with Crippen molar-refractivity contribution in [2.24, 2.45) is 0 Å². The Labute approximate surface area is 214 Å². The van der Waals surface area contributed by atoms with Crippen molar-refractivity contribution in [1.82, 2.24) is 9.88 Å². The number of alkyl halides is 3. The Balaban J connectivity index is 1.98. The molecule has 14 heteroatoms. The summed E-state index contributed by atoms with van der Waals surface area (Å²) in [6.07, 6.45) is -4.64. The molecular weight excluding hydrogens is 524 g/mol. The van der Waals surface area contributed by atoms with Crippen LogP contribution in [0.5, 0.6) is 11.6 Å². The van der Waals surface area contributed by atoms with Gasteiger partial charge in [0.25, 0.3) is 5.91 Å². The third-order valence-electron chi connectivity index (χ3n) is 5.78. The lowest BCUT2D eigenvalue weighted by molar-refractivity contribution is -0.189. The van der Waals surface area contributed by atoms with Crippen LogP contribution in [0, 0.1) is 12.7 Å². The number of hydrogen-bond acceptors (Lipinski definition) is 6. The molecule has 0 radical (unpaired) electrons. The molecule has 1 aliphatic rings. The third-order valence-corrected chi connectivity index (χ3v) is 6.13. The van der Waals surface area contributed by atoms with Crippen LogP contribution in [0.4, 0.5) is 33.7 Å². The maximum Gasteiger partial charge on any atom is 0.425 e. The number of ether oxygens (including phenoxy) is 2. The molecule has 0 aliphatic carbocycles. The summed E-state index contributed by atoms with van der Waals surface area (Å²) in [5, 5.41) is 14.1. The number of benzene rings is 1. The Hall–Kier alpha value is -3.32. The highest BCUT2D eigenvalue weighted by atomic mass is 35.5. The molecule has 1 unspecified atom stereocenters. The summed E-state index contributed by atoms with van der Waals surface area (Å²) in [4.78, 5) is 30.9. The normalized spacial score (nSPS) is 16.4. The lowest BCUT2D eigenvalue weighted by Gasteiger charge is -2.24. The molecule has 1 aromatic heterocycles. The number of pyridine rings is 1. The predicted octanol–water partition coefficient (Wildman–Crippen LogP) is 4.76. The maximum absolute atomic E-state index is 15.0. The van der Waals surface area contributed by atoms with Gasteiger partial charge >= 0.3 is 12.2 Å². The Kier molecular flexibility index (Phi) is 8.69. The monoisotopic (exact) mass is 548 g/mol. The van der Waals surface area contributed by atoms with E-state index in [4.69, 9.17) is 21.1 Å². The minimum atomic E-state index is -4.80. The molecule has 202 valence electrons. The van der Waals surface area contributed by atoms with E-state index in [1.54, 1.807) is 6.92 Å². The van der Waals surface area contributed by atoms with E-state index in [2.05, 4.69) is 15.6 Å². The van der Waals surface area contributed by atoms with Crippen molar-refractivity contribution in [2.45, 2.75) is 45.0 Å². The van der Waals surface area contributed by atoms with Crippen molar-refractivity contribution in [3.8, 4) is 11.6 Å². The average Bonchev–Trinajstić information content (AvgIpc) is 3.32. The van der Waals surface area contributed by atoms with E-state index in [9.17, 15) is 27.9 Å². The highest BCUT2D eigenvalue weighted by Gasteiger charge is 2.39. The Bertz CT molecular complexity index is 1180. The molecule has 2 aromatic rings. The molecule has 0 bridgehead atoms. The van der Waals surface area contributed by atoms with E-state index < -0.39 is 53.1 Å². The van der Waals surface area contributed by atoms with Gasteiger partial charge in [0.05, 0.1) is 36.7 Å². The summed E-state index contributed by atoms with van der Waals surface area (Å²) in [6.45, 7) is 2.29. The molecule has 3 N–H and O–H groups in total. The van der Waals surface area contributed by atoms with Gasteiger partial charge in [0.15, 0.2) is 6.10 Å². The van der Waals surface area contributed by atoms with Gasteiger partial charge in [-0.3, -0.25) is 4.79 Å². The number of aromatic nitrogens is 1. The van der Waals surface area contributed by atoms with Crippen LogP contribution in [0.1, 0.15) is 35.7 Å². The number of aliphatic hydroxyl groups excluding tert-OH is 1. The van der Waals surface area contributed by atoms with E-state index in [1.165, 1.54) is 18.2 Å². The molecular formula is C23H25ClF4N4O5. The van der Waals surface area contributed by atoms with Gasteiger partial charge in [-0.1, -0.05) is 11.6 Å². The van der Waals surface area contributed by atoms with Gasteiger partial charge < -0.3 is 30.1 Å². The van der Waals surface area contributed by atoms with E-state index >= 15 is 4.39 Å². The van der Waals surface area contributed by atoms with E-state index in [-0.39, 0.29) is 23.2 Å². The van der Waals surface area contributed by atoms with Crippen LogP contribution < -0.4 is 20.1 Å². The number of halogens is 5. The number of nitrogens with zero attached hydrogens (tertiary/aromatic N) is 2. The Morgan fingerprint density at radius 2 is 2.03 bits per heavy atom. The SMILES string of the molecule is COc1ncc(C)c(NC(=O)c2cc(F)c(NC(=O)N3CCC[C@@H]3CO)cc2OC(C)C(F)(F)F)c1Cl. The van der Waals surface area contributed by atoms with Gasteiger partial charge in [-0.15, -0.1) is 0 Å². The van der Waals surface area contributed by atoms with Crippen LogP contribution in [0.25, 0.3) is 0 Å². The molecule has 1 saturated heterocycles. The van der Waals surface area contributed by atoms with Crippen LogP contribution in [0.3, 0.4) is 0 Å². The number of carbonyl (C=O) groups is 2. The van der Waals surface area contributed by atoms with Crippen molar-refractivity contribution in [3.63, 3.8) is 0 Å². The number of aryl methyl sites for hydroxylation is 1. The van der Waals surface area contributed by atoms with Crippen molar-refractivity contribution < 1.29 is 41.7 Å². The van der Waals surface area contributed by atoms with Crippen LogP contribution in [-0.2, 0) is 0 Å². The second-order valence-electron chi connectivity index (χ2n) is 8.33. The largest absolute Gasteiger partial charge is 0.480 e. The second kappa shape index (κ2) is 11.4. The van der Waals surface area contributed by atoms with Crippen LogP contribution >= 0.6 is 11.6 Å². The summed E-state index contributed by atoms with van der Waals surface area (Å²) < 4.78 is 64.7. The zero-order chi connectivity index (χ0) is 27.5. The van der Waals surface area contributed by atoms with Crippen LogP contribution in [0.2, 0.25) is 5.02 Å². The first-order valence-electron chi connectivity index (χ1n) is 11.1. The highest BCUT2D eigenvalue weighted by molar-refractivity contribution is 6.35. The average molecular weight is 549 g/mol. The number of urea groups is 1. The molecule has 2 heterocycles. The summed E-state index contributed by atoms with van der Waals surface area (Å²) >= 11 is 6.20. The van der Waals surface area contributed by atoms with E-state index in [1.807, 2.05) is 0 Å². The lowest BCUT2D eigenvalue weighted by Crippen LogP contribution is -2.40. The Morgan fingerprint density at radius 1 is 1.32 bits per heavy atom. The molecule has 3 amide bonds. The number of nitrogens with one attached hydrogen (secondary N) is 2. The fourth-order valence-electron chi connectivity index (χ4n) is 3.69. The lowest BCUT2D eigenvalue weighted by atomic mass is 10.1. The van der Waals surface area contributed by atoms with Crippen molar-refractivity contribution in [2.75, 3.05) is 30.9 Å². The third kappa shape index (κ3) is 6.34. The molecule has 37 heavy (non-hydrogen) atoms. The van der Waals surface area contributed by atoms with Crippen molar-refractivity contribution in [1.29, 1.82) is 0 Å². The van der Waals surface area contributed by atoms with Crippen molar-refractivity contribution in [3.05, 3.63) is 40.3 Å². The molecule has 9 nitrogen and oxygen atoms in total. The summed E-state index contributed by atoms with van der Waals surface area (Å²) in [6, 6.07) is 0.224. The van der Waals surface area contributed by atoms with Crippen LogP contribution in [-0.4, -0.2) is 65.5 Å². The Morgan fingerprint density at radius 3 is 2.65 bits per heavy atom. The molecule has 1 aliphatic heterocycles. The number of hydrogen-bond donors (Lipinski definition) is 3. The first-order valence-corrected chi connectivity index (χ1v) is 11.5. The van der Waals surface area contributed by atoms with Gasteiger partial charge in [-0.2, -0.15) is 13.2 Å². The second-order valence-corrected chi connectivity index (χ2v) is 8.70. The fourth-order valence-corrected chi connectivity index (χ4v) is 4.02. The minimum Gasteiger partial charge on any atom is -0.480 e. The summed E-state index contributed by atoms with van der Waals surface area (Å²) in [5.41, 5.74) is -0.629. The minimum absolute atomic E-state index is 0.0166. The maximum atomic E-state index is 15.0. The zero-order valence-corrected chi connectivity index (χ0v) is 20.8. The number of amides is 3. The van der Waals surface area contributed by atoms with Gasteiger partial charge in [0.1, 0.15) is 16.6 Å². The number of carbonyl (C=O) groups excluding carboxylic acids is 2.